The average molecular weight is 299 g/mol. The Bertz CT molecular complexity index is 450. The number of amides is 1. The molecule has 0 spiro atoms. The maximum Gasteiger partial charge on any atom is 0.260 e. The Morgan fingerprint density at radius 1 is 1.60 bits per heavy atom. The van der Waals surface area contributed by atoms with Crippen LogP contribution in [-0.2, 0) is 9.53 Å². The minimum Gasteiger partial charge on any atom is -0.484 e. The summed E-state index contributed by atoms with van der Waals surface area (Å²) in [6.07, 6.45) is 0.0452. The monoisotopic (exact) mass is 298 g/mol. The van der Waals surface area contributed by atoms with Crippen molar-refractivity contribution < 1.29 is 14.3 Å². The van der Waals surface area contributed by atoms with E-state index in [2.05, 4.69) is 5.32 Å². The highest BCUT2D eigenvalue weighted by Gasteiger charge is 2.18. The molecule has 0 saturated carbocycles. The van der Waals surface area contributed by atoms with Crippen LogP contribution >= 0.6 is 11.6 Å². The second-order valence-corrected chi connectivity index (χ2v) is 5.15. The van der Waals surface area contributed by atoms with Gasteiger partial charge in [0.15, 0.2) is 6.61 Å². The summed E-state index contributed by atoms with van der Waals surface area (Å²) in [5, 5.41) is 3.82. The molecule has 1 aliphatic rings. The Hall–Kier alpha value is -1.30. The summed E-state index contributed by atoms with van der Waals surface area (Å²) in [6, 6.07) is 7.00. The van der Waals surface area contributed by atoms with Gasteiger partial charge in [-0.25, -0.2) is 0 Å². The number of hydrogen-bond acceptors (Lipinski definition) is 4. The lowest BCUT2D eigenvalue weighted by molar-refractivity contribution is -0.134. The van der Waals surface area contributed by atoms with E-state index in [0.29, 0.717) is 23.9 Å². The topological polar surface area (TPSA) is 50.8 Å². The maximum absolute atomic E-state index is 12.0. The molecule has 1 atom stereocenters. The van der Waals surface area contributed by atoms with Crippen molar-refractivity contribution in [3.8, 4) is 5.75 Å². The molecule has 1 amide bonds. The van der Waals surface area contributed by atoms with Crippen LogP contribution in [0.1, 0.15) is 0 Å². The van der Waals surface area contributed by atoms with Gasteiger partial charge in [-0.15, -0.1) is 0 Å². The summed E-state index contributed by atoms with van der Waals surface area (Å²) >= 11 is 5.85. The minimum absolute atomic E-state index is 0.00299. The van der Waals surface area contributed by atoms with Gasteiger partial charge in [-0.2, -0.15) is 0 Å². The summed E-state index contributed by atoms with van der Waals surface area (Å²) in [5.41, 5.74) is 0. The number of ether oxygens (including phenoxy) is 2. The molecular formula is C14H19ClN2O3. The smallest absolute Gasteiger partial charge is 0.260 e. The van der Waals surface area contributed by atoms with Crippen LogP contribution in [-0.4, -0.2) is 56.8 Å². The fourth-order valence-corrected chi connectivity index (χ4v) is 2.14. The first kappa shape index (κ1) is 15.1. The zero-order valence-electron chi connectivity index (χ0n) is 11.5. The molecule has 0 aliphatic carbocycles. The van der Waals surface area contributed by atoms with Gasteiger partial charge in [0.2, 0.25) is 0 Å². The van der Waals surface area contributed by atoms with Gasteiger partial charge < -0.3 is 19.7 Å². The third-order valence-electron chi connectivity index (χ3n) is 3.07. The number of halogens is 1. The lowest BCUT2D eigenvalue weighted by Gasteiger charge is -2.28. The van der Waals surface area contributed by atoms with Crippen molar-refractivity contribution >= 4 is 17.5 Å². The lowest BCUT2D eigenvalue weighted by atomic mass is 10.3. The number of carbonyl (C=O) groups excluding carboxylic acids is 1. The van der Waals surface area contributed by atoms with E-state index in [1.54, 1.807) is 36.2 Å². The van der Waals surface area contributed by atoms with Gasteiger partial charge in [0.05, 0.1) is 12.7 Å². The molecule has 0 bridgehead atoms. The molecule has 20 heavy (non-hydrogen) atoms. The van der Waals surface area contributed by atoms with Crippen molar-refractivity contribution in [2.45, 2.75) is 6.10 Å². The van der Waals surface area contributed by atoms with Crippen molar-refractivity contribution in [2.24, 2.45) is 0 Å². The van der Waals surface area contributed by atoms with Crippen LogP contribution in [0.4, 0.5) is 0 Å². The van der Waals surface area contributed by atoms with Crippen LogP contribution in [0.2, 0.25) is 5.02 Å². The number of morpholine rings is 1. The summed E-state index contributed by atoms with van der Waals surface area (Å²) in [7, 11) is 1.75. The van der Waals surface area contributed by atoms with Crippen LogP contribution in [0.25, 0.3) is 0 Å². The van der Waals surface area contributed by atoms with Gasteiger partial charge in [0.25, 0.3) is 5.91 Å². The molecule has 5 nitrogen and oxygen atoms in total. The van der Waals surface area contributed by atoms with Crippen LogP contribution < -0.4 is 10.1 Å². The van der Waals surface area contributed by atoms with E-state index in [-0.39, 0.29) is 18.6 Å². The van der Waals surface area contributed by atoms with Crippen LogP contribution in [0.15, 0.2) is 24.3 Å². The van der Waals surface area contributed by atoms with Gasteiger partial charge in [-0.3, -0.25) is 4.79 Å². The number of nitrogens with zero attached hydrogens (tertiary/aromatic N) is 1. The van der Waals surface area contributed by atoms with Crippen molar-refractivity contribution in [2.75, 3.05) is 39.9 Å². The summed E-state index contributed by atoms with van der Waals surface area (Å²) in [5.74, 6) is 0.508. The number of nitrogens with one attached hydrogen (secondary N) is 1. The van der Waals surface area contributed by atoms with E-state index in [9.17, 15) is 4.79 Å². The van der Waals surface area contributed by atoms with Crippen LogP contribution in [0.3, 0.4) is 0 Å². The summed E-state index contributed by atoms with van der Waals surface area (Å²) in [6.45, 7) is 2.88. The molecule has 1 aromatic carbocycles. The predicted octanol–water partition coefficient (Wildman–Crippen LogP) is 1.17. The molecule has 6 heteroatoms. The molecular weight excluding hydrogens is 280 g/mol. The SMILES string of the molecule is CN(CC1CNCCO1)C(=O)COc1cccc(Cl)c1. The molecule has 1 aromatic rings. The second-order valence-electron chi connectivity index (χ2n) is 4.72. The highest BCUT2D eigenvalue weighted by molar-refractivity contribution is 6.30. The zero-order valence-corrected chi connectivity index (χ0v) is 12.2. The lowest BCUT2D eigenvalue weighted by Crippen LogP contribution is -2.46. The van der Waals surface area contributed by atoms with Gasteiger partial charge >= 0.3 is 0 Å². The van der Waals surface area contributed by atoms with Crippen molar-refractivity contribution in [3.05, 3.63) is 29.3 Å². The number of likely N-dealkylation sites (N-methyl/N-ethyl adjacent to an activating group) is 1. The molecule has 1 aliphatic heterocycles. The Kier molecular flexibility index (Phi) is 5.64. The van der Waals surface area contributed by atoms with Gasteiger partial charge in [-0.05, 0) is 18.2 Å². The van der Waals surface area contributed by atoms with E-state index in [1.165, 1.54) is 0 Å². The third-order valence-corrected chi connectivity index (χ3v) is 3.30. The highest BCUT2D eigenvalue weighted by Crippen LogP contribution is 2.17. The highest BCUT2D eigenvalue weighted by atomic mass is 35.5. The molecule has 1 fully saturated rings. The molecule has 0 radical (unpaired) electrons. The van der Waals surface area contributed by atoms with Gasteiger partial charge in [0.1, 0.15) is 5.75 Å². The minimum atomic E-state index is -0.0841. The van der Waals surface area contributed by atoms with Crippen LogP contribution in [0, 0.1) is 0 Å². The number of rotatable bonds is 5. The first-order valence-corrected chi connectivity index (χ1v) is 6.97. The van der Waals surface area contributed by atoms with E-state index in [4.69, 9.17) is 21.1 Å². The van der Waals surface area contributed by atoms with Crippen LogP contribution in [0.5, 0.6) is 5.75 Å². The molecule has 0 aromatic heterocycles. The Balaban J connectivity index is 1.76. The Morgan fingerprint density at radius 3 is 3.15 bits per heavy atom. The second kappa shape index (κ2) is 7.47. The molecule has 1 saturated heterocycles. The maximum atomic E-state index is 12.0. The fourth-order valence-electron chi connectivity index (χ4n) is 1.96. The molecule has 1 heterocycles. The quantitative estimate of drug-likeness (QED) is 0.886. The molecule has 110 valence electrons. The first-order valence-electron chi connectivity index (χ1n) is 6.60. The van der Waals surface area contributed by atoms with E-state index in [0.717, 1.165) is 13.1 Å². The van der Waals surface area contributed by atoms with E-state index >= 15 is 0 Å². The van der Waals surface area contributed by atoms with Crippen molar-refractivity contribution in [1.82, 2.24) is 10.2 Å². The number of hydrogen-bond donors (Lipinski definition) is 1. The molecule has 1 unspecified atom stereocenters. The zero-order chi connectivity index (χ0) is 14.4. The van der Waals surface area contributed by atoms with Crippen molar-refractivity contribution in [3.63, 3.8) is 0 Å². The normalized spacial score (nSPS) is 18.6. The molecule has 1 N–H and O–H groups in total. The standard InChI is InChI=1S/C14H19ClN2O3/c1-17(9-13-8-16-5-6-19-13)14(18)10-20-12-4-2-3-11(15)7-12/h2-4,7,13,16H,5-6,8-10H2,1H3. The predicted molar refractivity (Wildman–Crippen MR) is 77.2 cm³/mol. The molecule has 2 rings (SSSR count). The number of benzene rings is 1. The van der Waals surface area contributed by atoms with E-state index in [1.807, 2.05) is 0 Å². The van der Waals surface area contributed by atoms with Gasteiger partial charge in [-0.1, -0.05) is 17.7 Å². The largest absolute Gasteiger partial charge is 0.484 e. The third kappa shape index (κ3) is 4.67. The summed E-state index contributed by atoms with van der Waals surface area (Å²) < 4.78 is 11.0. The Morgan fingerprint density at radius 2 is 2.45 bits per heavy atom. The summed E-state index contributed by atoms with van der Waals surface area (Å²) in [4.78, 5) is 13.6. The van der Waals surface area contributed by atoms with E-state index < -0.39 is 0 Å². The van der Waals surface area contributed by atoms with Gasteiger partial charge in [0, 0.05) is 31.7 Å². The fraction of sp³-hybridized carbons (Fsp3) is 0.500. The Labute approximate surface area is 123 Å². The first-order chi connectivity index (χ1) is 9.65. The number of carbonyl (C=O) groups is 1. The average Bonchev–Trinajstić information content (AvgIpc) is 2.46. The van der Waals surface area contributed by atoms with Crippen molar-refractivity contribution in [1.29, 1.82) is 0 Å².